The van der Waals surface area contributed by atoms with Crippen LogP contribution in [0.2, 0.25) is 0 Å². The second-order valence-corrected chi connectivity index (χ2v) is 9.06. The standard InChI is InChI=1S/C21H17F4N5O3S/c22-15-10-16(12-26-11-15)28-20(31)30-8-2-7-27-34(32,33)18-6-5-17(29-19(18)30)13-3-1-4-14(9-13)21(23,24)25/h1,3-6,9-12,27H,2,7-8H2,(H,28,31). The first-order chi connectivity index (χ1) is 16.0. The van der Waals surface area contributed by atoms with Gasteiger partial charge in [-0.3, -0.25) is 9.88 Å². The van der Waals surface area contributed by atoms with Gasteiger partial charge in [0.1, 0.15) is 10.7 Å². The first kappa shape index (κ1) is 23.6. The maximum absolute atomic E-state index is 13.5. The Labute approximate surface area is 191 Å². The molecule has 0 radical (unpaired) electrons. The predicted octanol–water partition coefficient (Wildman–Crippen LogP) is 4.02. The highest BCUT2D eigenvalue weighted by Gasteiger charge is 2.32. The Balaban J connectivity index is 1.80. The molecule has 1 aliphatic rings. The lowest BCUT2D eigenvalue weighted by atomic mass is 10.1. The van der Waals surface area contributed by atoms with Crippen molar-refractivity contribution in [1.29, 1.82) is 0 Å². The minimum absolute atomic E-state index is 0.0309. The Morgan fingerprint density at radius 2 is 1.91 bits per heavy atom. The van der Waals surface area contributed by atoms with Crippen molar-refractivity contribution in [3.05, 3.63) is 66.2 Å². The molecule has 13 heteroatoms. The van der Waals surface area contributed by atoms with Crippen molar-refractivity contribution in [2.75, 3.05) is 23.3 Å². The summed E-state index contributed by atoms with van der Waals surface area (Å²) in [6.07, 6.45) is -2.21. The fraction of sp³-hybridized carbons (Fsp3) is 0.190. The lowest BCUT2D eigenvalue weighted by Gasteiger charge is -2.27. The van der Waals surface area contributed by atoms with Crippen molar-refractivity contribution in [2.24, 2.45) is 0 Å². The Kier molecular flexibility index (Phi) is 6.23. The van der Waals surface area contributed by atoms with Gasteiger partial charge in [-0.05, 0) is 30.7 Å². The maximum atomic E-state index is 13.5. The number of rotatable bonds is 2. The number of alkyl halides is 3. The Bertz CT molecular complexity index is 1350. The fourth-order valence-electron chi connectivity index (χ4n) is 3.35. The van der Waals surface area contributed by atoms with Crippen molar-refractivity contribution in [2.45, 2.75) is 17.5 Å². The normalized spacial score (nSPS) is 15.7. The van der Waals surface area contributed by atoms with Gasteiger partial charge in [0.25, 0.3) is 0 Å². The van der Waals surface area contributed by atoms with E-state index in [4.69, 9.17) is 0 Å². The van der Waals surface area contributed by atoms with E-state index in [1.54, 1.807) is 0 Å². The minimum Gasteiger partial charge on any atom is -0.306 e. The number of urea groups is 1. The number of hydrogen-bond donors (Lipinski definition) is 2. The molecule has 2 N–H and O–H groups in total. The Morgan fingerprint density at radius 1 is 1.12 bits per heavy atom. The summed E-state index contributed by atoms with van der Waals surface area (Å²) in [6.45, 7) is 0.0750. The maximum Gasteiger partial charge on any atom is 0.416 e. The van der Waals surface area contributed by atoms with E-state index < -0.39 is 33.6 Å². The number of aromatic nitrogens is 2. The van der Waals surface area contributed by atoms with Gasteiger partial charge in [0, 0.05) is 24.7 Å². The molecule has 2 amide bonds. The Morgan fingerprint density at radius 3 is 2.65 bits per heavy atom. The highest BCUT2D eigenvalue weighted by Crippen LogP contribution is 2.34. The van der Waals surface area contributed by atoms with E-state index in [0.29, 0.717) is 0 Å². The van der Waals surface area contributed by atoms with Crippen molar-refractivity contribution < 1.29 is 30.8 Å². The summed E-state index contributed by atoms with van der Waals surface area (Å²) >= 11 is 0. The third-order valence-corrected chi connectivity index (χ3v) is 6.40. The molecule has 34 heavy (non-hydrogen) atoms. The van der Waals surface area contributed by atoms with E-state index in [-0.39, 0.29) is 47.2 Å². The molecule has 3 aromatic rings. The number of carbonyl (C=O) groups excluding carboxylic acids is 1. The third kappa shape index (κ3) is 4.99. The number of amides is 2. The summed E-state index contributed by atoms with van der Waals surface area (Å²) in [5.74, 6) is -0.966. The van der Waals surface area contributed by atoms with Crippen LogP contribution in [0.5, 0.6) is 0 Å². The minimum atomic E-state index is -4.59. The molecule has 8 nitrogen and oxygen atoms in total. The molecule has 2 aromatic heterocycles. The van der Waals surface area contributed by atoms with Gasteiger partial charge in [-0.2, -0.15) is 13.2 Å². The SMILES string of the molecule is O=C(Nc1cncc(F)c1)N1CCCNS(=O)(=O)c2ccc(-c3cccc(C(F)(F)F)c3)nc21. The van der Waals surface area contributed by atoms with Crippen LogP contribution in [0.3, 0.4) is 0 Å². The molecule has 3 heterocycles. The van der Waals surface area contributed by atoms with Crippen LogP contribution in [0, 0.1) is 5.82 Å². The second kappa shape index (κ2) is 8.99. The summed E-state index contributed by atoms with van der Waals surface area (Å²) in [5.41, 5.74) is -0.754. The summed E-state index contributed by atoms with van der Waals surface area (Å²) in [4.78, 5) is 21.6. The first-order valence-corrected chi connectivity index (χ1v) is 11.4. The monoisotopic (exact) mass is 495 g/mol. The molecule has 0 fully saturated rings. The van der Waals surface area contributed by atoms with Crippen LogP contribution < -0.4 is 14.9 Å². The first-order valence-electron chi connectivity index (χ1n) is 9.92. The molecular weight excluding hydrogens is 478 g/mol. The van der Waals surface area contributed by atoms with E-state index >= 15 is 0 Å². The van der Waals surface area contributed by atoms with Crippen molar-refractivity contribution in [1.82, 2.24) is 14.7 Å². The van der Waals surface area contributed by atoms with Crippen LogP contribution in [0.4, 0.5) is 33.9 Å². The molecule has 0 bridgehead atoms. The largest absolute Gasteiger partial charge is 0.416 e. The molecule has 0 atom stereocenters. The van der Waals surface area contributed by atoms with E-state index in [2.05, 4.69) is 20.0 Å². The Hall–Kier alpha value is -3.58. The van der Waals surface area contributed by atoms with Gasteiger partial charge in [0.05, 0.1) is 29.3 Å². The van der Waals surface area contributed by atoms with Gasteiger partial charge >= 0.3 is 12.2 Å². The number of hydrogen-bond acceptors (Lipinski definition) is 5. The zero-order valence-electron chi connectivity index (χ0n) is 17.3. The predicted molar refractivity (Wildman–Crippen MR) is 115 cm³/mol. The molecule has 0 saturated carbocycles. The quantitative estimate of drug-likeness (QED) is 0.523. The van der Waals surface area contributed by atoms with Crippen molar-refractivity contribution >= 4 is 27.6 Å². The van der Waals surface area contributed by atoms with Crippen molar-refractivity contribution in [3.8, 4) is 11.3 Å². The molecule has 0 unspecified atom stereocenters. The lowest BCUT2D eigenvalue weighted by Crippen LogP contribution is -2.41. The van der Waals surface area contributed by atoms with Gasteiger partial charge < -0.3 is 5.32 Å². The number of nitrogens with zero attached hydrogens (tertiary/aromatic N) is 3. The number of sulfonamides is 1. The molecule has 0 aliphatic carbocycles. The molecule has 1 aliphatic heterocycles. The van der Waals surface area contributed by atoms with E-state index in [9.17, 15) is 30.8 Å². The van der Waals surface area contributed by atoms with Gasteiger partial charge in [0.2, 0.25) is 10.0 Å². The summed E-state index contributed by atoms with van der Waals surface area (Å²) in [7, 11) is -4.06. The van der Waals surface area contributed by atoms with E-state index in [1.165, 1.54) is 30.5 Å². The lowest BCUT2D eigenvalue weighted by molar-refractivity contribution is -0.137. The fourth-order valence-corrected chi connectivity index (χ4v) is 4.56. The van der Waals surface area contributed by atoms with Gasteiger partial charge in [-0.1, -0.05) is 12.1 Å². The number of anilines is 2. The van der Waals surface area contributed by atoms with Crippen LogP contribution in [0.1, 0.15) is 12.0 Å². The summed E-state index contributed by atoms with van der Waals surface area (Å²) < 4.78 is 80.8. The number of carbonyl (C=O) groups is 1. The van der Waals surface area contributed by atoms with Gasteiger partial charge in [0.15, 0.2) is 5.82 Å². The van der Waals surface area contributed by atoms with Crippen LogP contribution in [-0.2, 0) is 16.2 Å². The number of nitrogens with one attached hydrogen (secondary N) is 2. The van der Waals surface area contributed by atoms with Crippen LogP contribution >= 0.6 is 0 Å². The topological polar surface area (TPSA) is 104 Å². The van der Waals surface area contributed by atoms with E-state index in [0.717, 1.165) is 29.3 Å². The molecular formula is C21H17F4N5O3S. The average molecular weight is 495 g/mol. The average Bonchev–Trinajstić information content (AvgIpc) is 2.77. The molecule has 0 spiro atoms. The molecule has 0 saturated heterocycles. The number of benzene rings is 1. The second-order valence-electron chi connectivity index (χ2n) is 7.32. The van der Waals surface area contributed by atoms with Gasteiger partial charge in [-0.25, -0.2) is 27.3 Å². The number of pyridine rings is 2. The molecule has 1 aromatic carbocycles. The zero-order chi connectivity index (χ0) is 24.5. The highest BCUT2D eigenvalue weighted by molar-refractivity contribution is 7.89. The van der Waals surface area contributed by atoms with Crippen molar-refractivity contribution in [3.63, 3.8) is 0 Å². The van der Waals surface area contributed by atoms with Gasteiger partial charge in [-0.15, -0.1) is 0 Å². The smallest absolute Gasteiger partial charge is 0.306 e. The number of fused-ring (bicyclic) bond motifs is 1. The third-order valence-electron chi connectivity index (χ3n) is 4.92. The number of halogens is 4. The van der Waals surface area contributed by atoms with Crippen LogP contribution in [0.15, 0.2) is 59.8 Å². The zero-order valence-corrected chi connectivity index (χ0v) is 18.1. The summed E-state index contributed by atoms with van der Waals surface area (Å²) in [5, 5.41) is 2.44. The summed E-state index contributed by atoms with van der Waals surface area (Å²) in [6, 6.07) is 7.04. The molecule has 4 rings (SSSR count). The van der Waals surface area contributed by atoms with E-state index in [1.807, 2.05) is 0 Å². The highest BCUT2D eigenvalue weighted by atomic mass is 32.2. The molecule has 178 valence electrons. The van der Waals surface area contributed by atoms with Crippen LogP contribution in [0.25, 0.3) is 11.3 Å². The van der Waals surface area contributed by atoms with Crippen LogP contribution in [-0.4, -0.2) is 37.5 Å².